The topological polar surface area (TPSA) is 114 Å². The Bertz CT molecular complexity index is 790. The van der Waals surface area contributed by atoms with Crippen molar-refractivity contribution in [2.75, 3.05) is 6.54 Å². The Morgan fingerprint density at radius 2 is 1.72 bits per heavy atom. The first-order chi connectivity index (χ1) is 12.1. The number of nitro groups is 1. The van der Waals surface area contributed by atoms with Gasteiger partial charge in [-0.25, -0.2) is 5.43 Å². The Hall–Kier alpha value is -3.55. The summed E-state index contributed by atoms with van der Waals surface area (Å²) in [5, 5.41) is 16.9. The molecule has 0 aromatic heterocycles. The van der Waals surface area contributed by atoms with Crippen LogP contribution in [0.4, 0.5) is 5.69 Å². The van der Waals surface area contributed by atoms with E-state index in [1.165, 1.54) is 18.2 Å². The summed E-state index contributed by atoms with van der Waals surface area (Å²) >= 11 is 0. The van der Waals surface area contributed by atoms with Gasteiger partial charge in [0.15, 0.2) is 0 Å². The van der Waals surface area contributed by atoms with E-state index in [-0.39, 0.29) is 11.3 Å². The molecule has 2 N–H and O–H groups in total. The molecule has 25 heavy (non-hydrogen) atoms. The third-order valence-corrected chi connectivity index (χ3v) is 3.25. The van der Waals surface area contributed by atoms with Gasteiger partial charge in [-0.2, -0.15) is 5.10 Å². The molecule has 0 bridgehead atoms. The summed E-state index contributed by atoms with van der Waals surface area (Å²) in [6.45, 7) is 0.310. The van der Waals surface area contributed by atoms with Crippen LogP contribution in [0.3, 0.4) is 0 Å². The van der Waals surface area contributed by atoms with Crippen LogP contribution < -0.4 is 10.7 Å². The summed E-state index contributed by atoms with van der Waals surface area (Å²) in [6, 6.07) is 15.4. The molecule has 0 fully saturated rings. The summed E-state index contributed by atoms with van der Waals surface area (Å²) in [4.78, 5) is 33.6. The number of hydrazone groups is 1. The second-order valence-corrected chi connectivity index (χ2v) is 5.01. The van der Waals surface area contributed by atoms with Crippen LogP contribution in [0.1, 0.15) is 11.1 Å². The van der Waals surface area contributed by atoms with Crippen LogP contribution in [0.5, 0.6) is 0 Å². The van der Waals surface area contributed by atoms with Crippen molar-refractivity contribution in [1.82, 2.24) is 10.7 Å². The normalized spacial score (nSPS) is 10.4. The first-order valence-corrected chi connectivity index (χ1v) is 7.46. The van der Waals surface area contributed by atoms with Crippen molar-refractivity contribution in [3.63, 3.8) is 0 Å². The average Bonchev–Trinajstić information content (AvgIpc) is 2.62. The summed E-state index contributed by atoms with van der Waals surface area (Å²) < 4.78 is 0. The quantitative estimate of drug-likeness (QED) is 0.358. The van der Waals surface area contributed by atoms with E-state index in [2.05, 4.69) is 10.4 Å². The van der Waals surface area contributed by atoms with Crippen LogP contribution in [0.25, 0.3) is 0 Å². The van der Waals surface area contributed by atoms with Crippen molar-refractivity contribution in [3.8, 4) is 0 Å². The molecular formula is C17H16N4O4. The highest BCUT2D eigenvalue weighted by molar-refractivity contribution is 6.35. The molecule has 0 heterocycles. The van der Waals surface area contributed by atoms with Crippen LogP contribution in [0, 0.1) is 10.1 Å². The number of nitrogens with one attached hydrogen (secondary N) is 2. The Balaban J connectivity index is 1.81. The molecule has 8 nitrogen and oxygen atoms in total. The molecule has 2 aromatic carbocycles. The second kappa shape index (κ2) is 8.92. The lowest BCUT2D eigenvalue weighted by atomic mass is 10.1. The van der Waals surface area contributed by atoms with Crippen molar-refractivity contribution in [1.29, 1.82) is 0 Å². The second-order valence-electron chi connectivity index (χ2n) is 5.01. The van der Waals surface area contributed by atoms with Crippen LogP contribution >= 0.6 is 0 Å². The minimum Gasteiger partial charge on any atom is -0.347 e. The van der Waals surface area contributed by atoms with Gasteiger partial charge in [0.05, 0.1) is 16.7 Å². The molecule has 0 saturated heterocycles. The van der Waals surface area contributed by atoms with Crippen LogP contribution in [-0.2, 0) is 16.0 Å². The number of benzene rings is 2. The Kier molecular flexibility index (Phi) is 6.35. The highest BCUT2D eigenvalue weighted by Gasteiger charge is 2.13. The summed E-state index contributed by atoms with van der Waals surface area (Å²) in [6.07, 6.45) is 1.71. The van der Waals surface area contributed by atoms with Gasteiger partial charge < -0.3 is 5.32 Å². The average molecular weight is 340 g/mol. The third kappa shape index (κ3) is 5.54. The smallest absolute Gasteiger partial charge is 0.329 e. The maximum absolute atomic E-state index is 11.6. The van der Waals surface area contributed by atoms with E-state index in [1.807, 2.05) is 35.8 Å². The lowest BCUT2D eigenvalue weighted by molar-refractivity contribution is -0.385. The van der Waals surface area contributed by atoms with Gasteiger partial charge in [-0.15, -0.1) is 0 Å². The molecule has 0 aliphatic heterocycles. The number of para-hydroxylation sites is 1. The SMILES string of the molecule is O=C(NCCc1ccccc1)C(=O)N/N=C/c1ccccc1[N+](=O)[O-]. The molecule has 2 aromatic rings. The number of nitrogens with zero attached hydrogens (tertiary/aromatic N) is 2. The molecule has 8 heteroatoms. The van der Waals surface area contributed by atoms with Crippen molar-refractivity contribution in [2.24, 2.45) is 5.10 Å². The molecule has 2 rings (SSSR count). The summed E-state index contributed by atoms with van der Waals surface area (Å²) in [5.41, 5.74) is 3.16. The molecular weight excluding hydrogens is 324 g/mol. The molecule has 0 radical (unpaired) electrons. The van der Waals surface area contributed by atoms with Gasteiger partial charge in [-0.05, 0) is 18.1 Å². The predicted molar refractivity (Wildman–Crippen MR) is 92.0 cm³/mol. The number of rotatable bonds is 6. The molecule has 0 unspecified atom stereocenters. The van der Waals surface area contributed by atoms with Gasteiger partial charge in [0.25, 0.3) is 5.69 Å². The summed E-state index contributed by atoms with van der Waals surface area (Å²) in [7, 11) is 0. The highest BCUT2D eigenvalue weighted by Crippen LogP contribution is 2.14. The van der Waals surface area contributed by atoms with E-state index >= 15 is 0 Å². The van der Waals surface area contributed by atoms with Gasteiger partial charge in [-0.1, -0.05) is 42.5 Å². The van der Waals surface area contributed by atoms with Crippen molar-refractivity contribution < 1.29 is 14.5 Å². The fraction of sp³-hybridized carbons (Fsp3) is 0.118. The third-order valence-electron chi connectivity index (χ3n) is 3.25. The lowest BCUT2D eigenvalue weighted by Gasteiger charge is -2.04. The van der Waals surface area contributed by atoms with E-state index in [9.17, 15) is 19.7 Å². The van der Waals surface area contributed by atoms with Crippen LogP contribution in [-0.4, -0.2) is 29.5 Å². The van der Waals surface area contributed by atoms with Gasteiger partial charge >= 0.3 is 11.8 Å². The van der Waals surface area contributed by atoms with Crippen molar-refractivity contribution in [3.05, 3.63) is 75.8 Å². The van der Waals surface area contributed by atoms with E-state index in [0.717, 1.165) is 11.8 Å². The predicted octanol–water partition coefficient (Wildman–Crippen LogP) is 1.40. The maximum atomic E-state index is 11.6. The zero-order valence-electron chi connectivity index (χ0n) is 13.2. The first-order valence-electron chi connectivity index (χ1n) is 7.46. The van der Waals surface area contributed by atoms with E-state index < -0.39 is 16.7 Å². The van der Waals surface area contributed by atoms with Gasteiger partial charge in [0.1, 0.15) is 0 Å². The number of hydrogen-bond donors (Lipinski definition) is 2. The number of carbonyl (C=O) groups excluding carboxylic acids is 2. The van der Waals surface area contributed by atoms with Gasteiger partial charge in [-0.3, -0.25) is 19.7 Å². The number of amides is 2. The highest BCUT2D eigenvalue weighted by atomic mass is 16.6. The zero-order valence-corrected chi connectivity index (χ0v) is 13.2. The molecule has 2 amide bonds. The molecule has 0 saturated carbocycles. The minimum atomic E-state index is -0.942. The Morgan fingerprint density at radius 1 is 1.04 bits per heavy atom. The number of hydrogen-bond acceptors (Lipinski definition) is 5. The van der Waals surface area contributed by atoms with Gasteiger partial charge in [0.2, 0.25) is 0 Å². The first kappa shape index (κ1) is 17.8. The molecule has 128 valence electrons. The zero-order chi connectivity index (χ0) is 18.1. The fourth-order valence-electron chi connectivity index (χ4n) is 2.02. The summed E-state index contributed by atoms with van der Waals surface area (Å²) in [5.74, 6) is -1.77. The molecule has 0 aliphatic rings. The van der Waals surface area contributed by atoms with Gasteiger partial charge in [0, 0.05) is 12.6 Å². The van der Waals surface area contributed by atoms with Crippen LogP contribution in [0.15, 0.2) is 59.7 Å². The van der Waals surface area contributed by atoms with Crippen LogP contribution in [0.2, 0.25) is 0 Å². The maximum Gasteiger partial charge on any atom is 0.329 e. The lowest BCUT2D eigenvalue weighted by Crippen LogP contribution is -2.38. The standard InChI is InChI=1S/C17H16N4O4/c22-16(18-11-10-13-6-2-1-3-7-13)17(23)20-19-12-14-8-4-5-9-15(14)21(24)25/h1-9,12H,10-11H2,(H,18,22)(H,20,23)/b19-12+. The fourth-order valence-corrected chi connectivity index (χ4v) is 2.02. The molecule has 0 spiro atoms. The molecule has 0 atom stereocenters. The van der Waals surface area contributed by atoms with E-state index in [4.69, 9.17) is 0 Å². The number of nitro benzene ring substituents is 1. The largest absolute Gasteiger partial charge is 0.347 e. The van der Waals surface area contributed by atoms with E-state index in [1.54, 1.807) is 6.07 Å². The minimum absolute atomic E-state index is 0.146. The Morgan fingerprint density at radius 3 is 2.44 bits per heavy atom. The number of carbonyl (C=O) groups is 2. The van der Waals surface area contributed by atoms with Crippen molar-refractivity contribution >= 4 is 23.7 Å². The van der Waals surface area contributed by atoms with E-state index in [0.29, 0.717) is 13.0 Å². The van der Waals surface area contributed by atoms with Crippen molar-refractivity contribution in [2.45, 2.75) is 6.42 Å². The Labute approximate surface area is 143 Å². The monoisotopic (exact) mass is 340 g/mol. The molecule has 0 aliphatic carbocycles.